The molecule has 3 rings (SSSR count). The molecule has 1 fully saturated rings. The minimum absolute atomic E-state index is 0.0384. The first-order valence-corrected chi connectivity index (χ1v) is 9.97. The Morgan fingerprint density at radius 1 is 1.15 bits per heavy atom. The van der Waals surface area contributed by atoms with Crippen LogP contribution >= 0.6 is 0 Å². The third-order valence-electron chi connectivity index (χ3n) is 5.60. The molecule has 0 spiro atoms. The van der Waals surface area contributed by atoms with Crippen molar-refractivity contribution in [3.8, 4) is 0 Å². The van der Waals surface area contributed by atoms with Crippen LogP contribution in [0.5, 0.6) is 0 Å². The van der Waals surface area contributed by atoms with E-state index in [0.717, 1.165) is 17.5 Å². The Kier molecular flexibility index (Phi) is 6.91. The fourth-order valence-electron chi connectivity index (χ4n) is 3.98. The molecule has 0 bridgehead atoms. The molecule has 2 atom stereocenters. The summed E-state index contributed by atoms with van der Waals surface area (Å²) in [5, 5.41) is 9.15. The van der Waals surface area contributed by atoms with Crippen LogP contribution in [0.2, 0.25) is 0 Å². The van der Waals surface area contributed by atoms with Gasteiger partial charge in [-0.25, -0.2) is 0 Å². The Morgan fingerprint density at radius 2 is 1.81 bits per heavy atom. The summed E-state index contributed by atoms with van der Waals surface area (Å²) in [6.45, 7) is 0.466. The fourth-order valence-corrected chi connectivity index (χ4v) is 3.98. The number of carbonyl (C=O) groups is 1. The van der Waals surface area contributed by atoms with Crippen LogP contribution in [0.3, 0.4) is 0 Å². The Labute approximate surface area is 162 Å². The van der Waals surface area contributed by atoms with Crippen LogP contribution in [0.4, 0.5) is 0 Å². The third kappa shape index (κ3) is 5.33. The lowest BCUT2D eigenvalue weighted by atomic mass is 9.77. The number of likely N-dealkylation sites (N-methyl/N-ethyl adjacent to an activating group) is 1. The van der Waals surface area contributed by atoms with E-state index in [-0.39, 0.29) is 12.5 Å². The van der Waals surface area contributed by atoms with E-state index >= 15 is 0 Å². The van der Waals surface area contributed by atoms with Crippen molar-refractivity contribution < 1.29 is 19.4 Å². The number of allylic oxidation sites excluding steroid dienone is 1. The second-order valence-corrected chi connectivity index (χ2v) is 7.86. The van der Waals surface area contributed by atoms with Gasteiger partial charge in [0.1, 0.15) is 0 Å². The topological polar surface area (TPSA) is 59.0 Å². The van der Waals surface area contributed by atoms with Gasteiger partial charge in [0.15, 0.2) is 5.76 Å². The molecule has 0 unspecified atom stereocenters. The molecule has 148 valence electrons. The molecule has 1 amide bonds. The molecule has 1 aromatic carbocycles. The molecule has 1 N–H and O–H groups in total. The van der Waals surface area contributed by atoms with E-state index in [0.29, 0.717) is 24.2 Å². The Bertz CT molecular complexity index is 647. The van der Waals surface area contributed by atoms with Crippen molar-refractivity contribution in [2.24, 2.45) is 11.8 Å². The van der Waals surface area contributed by atoms with Gasteiger partial charge in [-0.2, -0.15) is 0 Å². The van der Waals surface area contributed by atoms with E-state index in [9.17, 15) is 4.79 Å². The van der Waals surface area contributed by atoms with Gasteiger partial charge in [-0.3, -0.25) is 4.79 Å². The normalized spacial score (nSPS) is 23.4. The largest absolute Gasteiger partial charge is 0.459 e. The highest BCUT2D eigenvalue weighted by molar-refractivity contribution is 5.91. The lowest BCUT2D eigenvalue weighted by Crippen LogP contribution is -2.34. The number of hydrogen-bond acceptors (Lipinski definition) is 4. The molecule has 0 saturated heterocycles. The zero-order valence-corrected chi connectivity index (χ0v) is 16.4. The van der Waals surface area contributed by atoms with E-state index in [1.165, 1.54) is 32.1 Å². The molecular weight excluding hydrogens is 342 g/mol. The molecule has 1 heterocycles. The van der Waals surface area contributed by atoms with E-state index in [1.807, 2.05) is 30.3 Å². The second-order valence-electron chi connectivity index (χ2n) is 7.86. The van der Waals surface area contributed by atoms with Gasteiger partial charge in [-0.05, 0) is 41.9 Å². The number of aliphatic hydroxyl groups is 1. The van der Waals surface area contributed by atoms with Crippen LogP contribution in [0.15, 0.2) is 36.1 Å². The Hall–Kier alpha value is -1.85. The lowest BCUT2D eigenvalue weighted by molar-refractivity contribution is -0.159. The maximum atomic E-state index is 12.5. The Balaban J connectivity index is 1.66. The van der Waals surface area contributed by atoms with Crippen molar-refractivity contribution in [2.45, 2.75) is 58.0 Å². The first-order valence-electron chi connectivity index (χ1n) is 9.97. The summed E-state index contributed by atoms with van der Waals surface area (Å²) in [6, 6.07) is 7.70. The molecule has 5 heteroatoms. The van der Waals surface area contributed by atoms with Crippen LogP contribution in [-0.2, 0) is 27.5 Å². The number of rotatable bonds is 6. The minimum atomic E-state index is -0.404. The SMILES string of the molecule is CN(C)C(=O)C1=C[C@H](C2CCCCC2)C[C@H](OCc2ccc(CO)cc2)O1. The van der Waals surface area contributed by atoms with Gasteiger partial charge in [-0.15, -0.1) is 0 Å². The number of benzene rings is 1. The Morgan fingerprint density at radius 3 is 2.44 bits per heavy atom. The fraction of sp³-hybridized carbons (Fsp3) is 0.591. The third-order valence-corrected chi connectivity index (χ3v) is 5.60. The number of hydrogen-bond donors (Lipinski definition) is 1. The number of aliphatic hydroxyl groups excluding tert-OH is 1. The average Bonchev–Trinajstić information content (AvgIpc) is 2.72. The summed E-state index contributed by atoms with van der Waals surface area (Å²) in [5.41, 5.74) is 1.91. The molecule has 2 aliphatic rings. The van der Waals surface area contributed by atoms with Gasteiger partial charge in [0.25, 0.3) is 5.91 Å². The quantitative estimate of drug-likeness (QED) is 0.828. The van der Waals surface area contributed by atoms with Crippen LogP contribution in [0, 0.1) is 11.8 Å². The van der Waals surface area contributed by atoms with Crippen LogP contribution in [0.1, 0.15) is 49.7 Å². The first-order chi connectivity index (χ1) is 13.1. The van der Waals surface area contributed by atoms with Crippen LogP contribution in [0.25, 0.3) is 0 Å². The maximum Gasteiger partial charge on any atom is 0.288 e. The number of carbonyl (C=O) groups excluding carboxylic acids is 1. The number of amides is 1. The van der Waals surface area contributed by atoms with Crippen LogP contribution in [-0.4, -0.2) is 36.3 Å². The zero-order chi connectivity index (χ0) is 19.2. The van der Waals surface area contributed by atoms with Gasteiger partial charge in [-0.1, -0.05) is 43.5 Å². The molecule has 1 saturated carbocycles. The van der Waals surface area contributed by atoms with Gasteiger partial charge >= 0.3 is 0 Å². The van der Waals surface area contributed by atoms with E-state index in [1.54, 1.807) is 19.0 Å². The predicted molar refractivity (Wildman–Crippen MR) is 103 cm³/mol. The molecular formula is C22H31NO4. The van der Waals surface area contributed by atoms with Gasteiger partial charge in [0.2, 0.25) is 6.29 Å². The molecule has 27 heavy (non-hydrogen) atoms. The summed E-state index contributed by atoms with van der Waals surface area (Å²) in [5.74, 6) is 1.26. The summed E-state index contributed by atoms with van der Waals surface area (Å²) >= 11 is 0. The predicted octanol–water partition coefficient (Wildman–Crippen LogP) is 3.61. The number of nitrogens with zero attached hydrogens (tertiary/aromatic N) is 1. The molecule has 1 aromatic rings. The highest BCUT2D eigenvalue weighted by atomic mass is 16.7. The van der Waals surface area contributed by atoms with Crippen LogP contribution < -0.4 is 0 Å². The summed E-state index contributed by atoms with van der Waals surface area (Å²) < 4.78 is 11.9. The maximum absolute atomic E-state index is 12.5. The molecule has 0 aromatic heterocycles. The molecule has 1 aliphatic carbocycles. The van der Waals surface area contributed by atoms with E-state index in [4.69, 9.17) is 14.6 Å². The van der Waals surface area contributed by atoms with Crippen molar-refractivity contribution in [2.75, 3.05) is 14.1 Å². The molecule has 1 aliphatic heterocycles. The first kappa shape index (κ1) is 19.9. The standard InChI is InChI=1S/C22H31NO4/c1-23(2)22(25)20-12-19(18-6-4-3-5-7-18)13-21(27-20)26-15-17-10-8-16(14-24)9-11-17/h8-12,18-19,21,24H,3-7,13-15H2,1-2H3/t19-,21+/m0/s1. The summed E-state index contributed by atoms with van der Waals surface area (Å²) in [7, 11) is 3.49. The summed E-state index contributed by atoms with van der Waals surface area (Å²) in [4.78, 5) is 14.0. The lowest BCUT2D eigenvalue weighted by Gasteiger charge is -2.35. The minimum Gasteiger partial charge on any atom is -0.459 e. The van der Waals surface area contributed by atoms with E-state index in [2.05, 4.69) is 0 Å². The highest BCUT2D eigenvalue weighted by Gasteiger charge is 2.33. The highest BCUT2D eigenvalue weighted by Crippen LogP contribution is 2.37. The average molecular weight is 373 g/mol. The van der Waals surface area contributed by atoms with Gasteiger partial charge < -0.3 is 19.5 Å². The van der Waals surface area contributed by atoms with Crippen molar-refractivity contribution in [3.05, 3.63) is 47.2 Å². The van der Waals surface area contributed by atoms with Crippen molar-refractivity contribution in [3.63, 3.8) is 0 Å². The molecule has 5 nitrogen and oxygen atoms in total. The van der Waals surface area contributed by atoms with E-state index < -0.39 is 6.29 Å². The van der Waals surface area contributed by atoms with Gasteiger partial charge in [0.05, 0.1) is 13.2 Å². The molecule has 0 radical (unpaired) electrons. The zero-order valence-electron chi connectivity index (χ0n) is 16.4. The van der Waals surface area contributed by atoms with Gasteiger partial charge in [0, 0.05) is 20.5 Å². The smallest absolute Gasteiger partial charge is 0.288 e. The second kappa shape index (κ2) is 9.38. The number of ether oxygens (including phenoxy) is 2. The van der Waals surface area contributed by atoms with Crippen molar-refractivity contribution >= 4 is 5.91 Å². The van der Waals surface area contributed by atoms with Crippen molar-refractivity contribution in [1.29, 1.82) is 0 Å². The summed E-state index contributed by atoms with van der Waals surface area (Å²) in [6.07, 6.45) is 8.73. The van der Waals surface area contributed by atoms with Crippen molar-refractivity contribution in [1.82, 2.24) is 4.90 Å². The monoisotopic (exact) mass is 373 g/mol.